The van der Waals surface area contributed by atoms with E-state index >= 15 is 0 Å². The van der Waals surface area contributed by atoms with Crippen LogP contribution in [-0.4, -0.2) is 0 Å². The average Bonchev–Trinajstić information content (AvgIpc) is 3.00. The lowest BCUT2D eigenvalue weighted by Gasteiger charge is -2.03. The standard InChI is InChI=1S/C13H11/c1-2-6-12-10(4-1)5-3-7-13(12)11-8-9-11/h1-6,11H,8-9H2. The summed E-state index contributed by atoms with van der Waals surface area (Å²) in [5.74, 6) is 0.797. The van der Waals surface area contributed by atoms with Gasteiger partial charge >= 0.3 is 0 Å². The Morgan fingerprint density at radius 2 is 1.92 bits per heavy atom. The highest BCUT2D eigenvalue weighted by Crippen LogP contribution is 2.42. The van der Waals surface area contributed by atoms with E-state index in [4.69, 9.17) is 0 Å². The molecule has 0 unspecified atom stereocenters. The number of benzene rings is 2. The zero-order valence-electron chi connectivity index (χ0n) is 7.46. The minimum absolute atomic E-state index is 0.797. The van der Waals surface area contributed by atoms with Crippen LogP contribution in [0.1, 0.15) is 24.3 Å². The maximum atomic E-state index is 3.37. The summed E-state index contributed by atoms with van der Waals surface area (Å²) in [7, 11) is 0. The first kappa shape index (κ1) is 7.14. The molecule has 0 bridgehead atoms. The molecule has 1 saturated carbocycles. The van der Waals surface area contributed by atoms with Crippen LogP contribution in [0.5, 0.6) is 0 Å². The lowest BCUT2D eigenvalue weighted by Crippen LogP contribution is -1.82. The Morgan fingerprint density at radius 1 is 1.08 bits per heavy atom. The van der Waals surface area contributed by atoms with Crippen LogP contribution in [-0.2, 0) is 0 Å². The van der Waals surface area contributed by atoms with Crippen LogP contribution < -0.4 is 0 Å². The molecule has 0 saturated heterocycles. The third kappa shape index (κ3) is 1.14. The molecule has 0 heteroatoms. The van der Waals surface area contributed by atoms with Crippen molar-refractivity contribution in [3.05, 3.63) is 48.0 Å². The predicted molar refractivity (Wildman–Crippen MR) is 54.8 cm³/mol. The van der Waals surface area contributed by atoms with Gasteiger partial charge in [-0.2, -0.15) is 0 Å². The summed E-state index contributed by atoms with van der Waals surface area (Å²) in [5.41, 5.74) is 1.43. The van der Waals surface area contributed by atoms with Crippen molar-refractivity contribution in [3.8, 4) is 0 Å². The van der Waals surface area contributed by atoms with Crippen molar-refractivity contribution in [2.24, 2.45) is 0 Å². The summed E-state index contributed by atoms with van der Waals surface area (Å²) in [4.78, 5) is 0. The van der Waals surface area contributed by atoms with Crippen LogP contribution in [0.15, 0.2) is 36.4 Å². The first-order valence-corrected chi connectivity index (χ1v) is 4.84. The zero-order valence-corrected chi connectivity index (χ0v) is 7.46. The van der Waals surface area contributed by atoms with Gasteiger partial charge in [0.1, 0.15) is 0 Å². The van der Waals surface area contributed by atoms with Crippen molar-refractivity contribution in [1.29, 1.82) is 0 Å². The Kier molecular flexibility index (Phi) is 1.42. The second kappa shape index (κ2) is 2.59. The van der Waals surface area contributed by atoms with Gasteiger partial charge in [-0.25, -0.2) is 0 Å². The molecule has 1 aliphatic rings. The second-order valence-corrected chi connectivity index (χ2v) is 3.75. The number of rotatable bonds is 1. The minimum Gasteiger partial charge on any atom is -0.0616 e. The summed E-state index contributed by atoms with van der Waals surface area (Å²) in [5, 5.41) is 2.75. The van der Waals surface area contributed by atoms with Crippen molar-refractivity contribution < 1.29 is 0 Å². The Labute approximate surface area is 78.2 Å². The molecular weight excluding hydrogens is 156 g/mol. The van der Waals surface area contributed by atoms with Gasteiger partial charge in [-0.1, -0.05) is 36.4 Å². The van der Waals surface area contributed by atoms with E-state index in [9.17, 15) is 0 Å². The van der Waals surface area contributed by atoms with Crippen LogP contribution in [0.2, 0.25) is 0 Å². The summed E-state index contributed by atoms with van der Waals surface area (Å²) >= 11 is 0. The van der Waals surface area contributed by atoms with Gasteiger partial charge in [0.2, 0.25) is 0 Å². The third-order valence-corrected chi connectivity index (χ3v) is 2.74. The molecule has 0 N–H and O–H groups in total. The summed E-state index contributed by atoms with van der Waals surface area (Å²) in [6.07, 6.45) is 2.70. The molecule has 0 spiro atoms. The fraction of sp³-hybridized carbons (Fsp3) is 0.231. The summed E-state index contributed by atoms with van der Waals surface area (Å²) < 4.78 is 0. The van der Waals surface area contributed by atoms with Gasteiger partial charge in [-0.05, 0) is 41.2 Å². The molecule has 0 aromatic heterocycles. The van der Waals surface area contributed by atoms with Crippen molar-refractivity contribution >= 4 is 10.8 Å². The fourth-order valence-corrected chi connectivity index (χ4v) is 1.90. The van der Waals surface area contributed by atoms with Gasteiger partial charge in [0.25, 0.3) is 0 Å². The first-order chi connectivity index (χ1) is 6.45. The molecule has 2 aromatic carbocycles. The molecule has 1 radical (unpaired) electrons. The number of fused-ring (bicyclic) bond motifs is 1. The van der Waals surface area contributed by atoms with Crippen molar-refractivity contribution in [1.82, 2.24) is 0 Å². The lowest BCUT2D eigenvalue weighted by molar-refractivity contribution is 1.15. The van der Waals surface area contributed by atoms with E-state index in [1.807, 2.05) is 0 Å². The van der Waals surface area contributed by atoms with Crippen LogP contribution in [0.25, 0.3) is 10.8 Å². The monoisotopic (exact) mass is 167 g/mol. The molecule has 1 aliphatic carbocycles. The van der Waals surface area contributed by atoms with E-state index in [0.717, 1.165) is 5.92 Å². The van der Waals surface area contributed by atoms with Crippen molar-refractivity contribution in [2.45, 2.75) is 18.8 Å². The zero-order chi connectivity index (χ0) is 8.67. The fourth-order valence-electron chi connectivity index (χ4n) is 1.90. The number of hydrogen-bond donors (Lipinski definition) is 0. The van der Waals surface area contributed by atoms with Crippen molar-refractivity contribution in [2.75, 3.05) is 0 Å². The Bertz CT molecular complexity index is 433. The van der Waals surface area contributed by atoms with E-state index in [-0.39, 0.29) is 0 Å². The van der Waals surface area contributed by atoms with E-state index in [1.165, 1.54) is 29.2 Å². The third-order valence-electron chi connectivity index (χ3n) is 2.74. The topological polar surface area (TPSA) is 0 Å². The first-order valence-electron chi connectivity index (χ1n) is 4.84. The molecule has 0 nitrogen and oxygen atoms in total. The SMILES string of the molecule is [c]1ccc2ccccc2c1C1CC1. The minimum atomic E-state index is 0.797. The van der Waals surface area contributed by atoms with Crippen LogP contribution in [0.3, 0.4) is 0 Å². The van der Waals surface area contributed by atoms with Crippen LogP contribution >= 0.6 is 0 Å². The molecule has 2 aromatic rings. The second-order valence-electron chi connectivity index (χ2n) is 3.75. The highest BCUT2D eigenvalue weighted by Gasteiger charge is 2.24. The number of hydrogen-bond acceptors (Lipinski definition) is 0. The van der Waals surface area contributed by atoms with Gasteiger partial charge in [-0.15, -0.1) is 0 Å². The quantitative estimate of drug-likeness (QED) is 0.609. The summed E-state index contributed by atoms with van der Waals surface area (Å²) in [6.45, 7) is 0. The van der Waals surface area contributed by atoms with E-state index in [1.54, 1.807) is 0 Å². The van der Waals surface area contributed by atoms with Gasteiger partial charge in [0.15, 0.2) is 0 Å². The molecule has 63 valence electrons. The van der Waals surface area contributed by atoms with Gasteiger partial charge in [0.05, 0.1) is 0 Å². The maximum Gasteiger partial charge on any atom is -0.0140 e. The molecular formula is C13H11. The summed E-state index contributed by atoms with van der Waals surface area (Å²) in [6, 6.07) is 16.2. The largest absolute Gasteiger partial charge is 0.0616 e. The molecule has 3 rings (SSSR count). The Balaban J connectivity index is 2.32. The highest BCUT2D eigenvalue weighted by molar-refractivity contribution is 5.86. The molecule has 13 heavy (non-hydrogen) atoms. The molecule has 0 aliphatic heterocycles. The van der Waals surface area contributed by atoms with Crippen LogP contribution in [0.4, 0.5) is 0 Å². The molecule has 1 fully saturated rings. The van der Waals surface area contributed by atoms with E-state index in [0.29, 0.717) is 0 Å². The molecule has 0 amide bonds. The van der Waals surface area contributed by atoms with Gasteiger partial charge in [-0.3, -0.25) is 0 Å². The predicted octanol–water partition coefficient (Wildman–Crippen LogP) is 3.52. The molecule has 0 heterocycles. The smallest absolute Gasteiger partial charge is 0.0140 e. The normalized spacial score (nSPS) is 16.3. The highest BCUT2D eigenvalue weighted by atomic mass is 14.3. The average molecular weight is 167 g/mol. The van der Waals surface area contributed by atoms with Crippen molar-refractivity contribution in [3.63, 3.8) is 0 Å². The molecule has 0 atom stereocenters. The van der Waals surface area contributed by atoms with Gasteiger partial charge in [0, 0.05) is 0 Å². The maximum absolute atomic E-state index is 3.37. The Hall–Kier alpha value is -1.30. The Morgan fingerprint density at radius 3 is 2.77 bits per heavy atom. The van der Waals surface area contributed by atoms with Crippen LogP contribution in [0, 0.1) is 6.07 Å². The lowest BCUT2D eigenvalue weighted by atomic mass is 10.0. The van der Waals surface area contributed by atoms with Gasteiger partial charge < -0.3 is 0 Å². The van der Waals surface area contributed by atoms with E-state index < -0.39 is 0 Å². The van der Waals surface area contributed by atoms with E-state index in [2.05, 4.69) is 42.5 Å².